The fourth-order valence-corrected chi connectivity index (χ4v) is 3.43. The van der Waals surface area contributed by atoms with Gasteiger partial charge >= 0.3 is 0 Å². The Morgan fingerprint density at radius 2 is 2.06 bits per heavy atom. The number of hydrogen-bond acceptors (Lipinski definition) is 5. The Kier molecular flexibility index (Phi) is 2.99. The molecule has 0 amide bonds. The fraction of sp³-hybridized carbons (Fsp3) is 0.462. The van der Waals surface area contributed by atoms with Gasteiger partial charge in [0.2, 0.25) is 0 Å². The molecule has 4 nitrogen and oxygen atoms in total. The summed E-state index contributed by atoms with van der Waals surface area (Å²) < 4.78 is 6.50. The standard InChI is InChI=1S/C13H17N3OS/c1-17-10-6-5-9(16-7-3-2-4-8-16)12-11(10)15-13(14)18-12/h5-6H,2-4,7-8H2,1H3,(H2,14,15). The van der Waals surface area contributed by atoms with Crippen molar-refractivity contribution >= 4 is 32.4 Å². The van der Waals surface area contributed by atoms with Gasteiger partial charge in [-0.25, -0.2) is 4.98 Å². The molecule has 5 heteroatoms. The summed E-state index contributed by atoms with van der Waals surface area (Å²) in [6.45, 7) is 2.25. The van der Waals surface area contributed by atoms with Crippen molar-refractivity contribution in [3.63, 3.8) is 0 Å². The maximum atomic E-state index is 5.85. The Hall–Kier alpha value is -1.49. The maximum absolute atomic E-state index is 5.85. The van der Waals surface area contributed by atoms with Crippen LogP contribution in [0.2, 0.25) is 0 Å². The first kappa shape index (κ1) is 11.6. The van der Waals surface area contributed by atoms with Crippen molar-refractivity contribution in [2.75, 3.05) is 30.8 Å². The van der Waals surface area contributed by atoms with Gasteiger partial charge in [-0.05, 0) is 31.4 Å². The third-order valence-corrected chi connectivity index (χ3v) is 4.33. The molecule has 1 fully saturated rings. The molecule has 0 saturated carbocycles. The van der Waals surface area contributed by atoms with E-state index in [-0.39, 0.29) is 0 Å². The molecule has 0 spiro atoms. The van der Waals surface area contributed by atoms with E-state index in [1.807, 2.05) is 6.07 Å². The lowest BCUT2D eigenvalue weighted by atomic mass is 10.1. The van der Waals surface area contributed by atoms with Gasteiger partial charge in [0.15, 0.2) is 5.13 Å². The van der Waals surface area contributed by atoms with E-state index in [9.17, 15) is 0 Å². The second-order valence-corrected chi connectivity index (χ2v) is 5.60. The van der Waals surface area contributed by atoms with Crippen LogP contribution in [-0.2, 0) is 0 Å². The average molecular weight is 263 g/mol. The van der Waals surface area contributed by atoms with Crippen LogP contribution in [0.3, 0.4) is 0 Å². The highest BCUT2D eigenvalue weighted by molar-refractivity contribution is 7.22. The first-order valence-corrected chi connectivity index (χ1v) is 7.09. The molecule has 0 bridgehead atoms. The van der Waals surface area contributed by atoms with Gasteiger partial charge in [-0.15, -0.1) is 0 Å². The zero-order valence-corrected chi connectivity index (χ0v) is 11.3. The second-order valence-electron chi connectivity index (χ2n) is 4.56. The molecule has 2 N–H and O–H groups in total. The molecule has 0 radical (unpaired) electrons. The Labute approximate surface area is 110 Å². The lowest BCUT2D eigenvalue weighted by molar-refractivity contribution is 0.419. The smallest absolute Gasteiger partial charge is 0.181 e. The number of rotatable bonds is 2. The summed E-state index contributed by atoms with van der Waals surface area (Å²) >= 11 is 1.55. The van der Waals surface area contributed by atoms with Crippen LogP contribution in [-0.4, -0.2) is 25.2 Å². The largest absolute Gasteiger partial charge is 0.494 e. The normalized spacial score (nSPS) is 16.2. The zero-order valence-electron chi connectivity index (χ0n) is 10.5. The van der Waals surface area contributed by atoms with Crippen LogP contribution in [0.25, 0.3) is 10.2 Å². The lowest BCUT2D eigenvalue weighted by Crippen LogP contribution is -2.29. The topological polar surface area (TPSA) is 51.4 Å². The number of nitrogen functional groups attached to an aromatic ring is 1. The van der Waals surface area contributed by atoms with E-state index in [1.165, 1.54) is 24.9 Å². The zero-order chi connectivity index (χ0) is 12.5. The molecule has 1 aromatic carbocycles. The van der Waals surface area contributed by atoms with E-state index >= 15 is 0 Å². The lowest BCUT2D eigenvalue weighted by Gasteiger charge is -2.29. The molecule has 0 unspecified atom stereocenters. The van der Waals surface area contributed by atoms with Crippen molar-refractivity contribution in [3.05, 3.63) is 12.1 Å². The van der Waals surface area contributed by atoms with Crippen molar-refractivity contribution in [2.24, 2.45) is 0 Å². The summed E-state index contributed by atoms with van der Waals surface area (Å²) in [5.74, 6) is 0.804. The molecule has 96 valence electrons. The molecule has 3 rings (SSSR count). The van der Waals surface area contributed by atoms with Crippen molar-refractivity contribution in [3.8, 4) is 5.75 Å². The number of ether oxygens (including phenoxy) is 1. The van der Waals surface area contributed by atoms with Crippen molar-refractivity contribution in [2.45, 2.75) is 19.3 Å². The fourth-order valence-electron chi connectivity index (χ4n) is 2.54. The Morgan fingerprint density at radius 3 is 2.78 bits per heavy atom. The molecule has 2 aromatic rings. The van der Waals surface area contributed by atoms with Gasteiger partial charge in [-0.3, -0.25) is 0 Å². The van der Waals surface area contributed by atoms with E-state index in [0.29, 0.717) is 5.13 Å². The summed E-state index contributed by atoms with van der Waals surface area (Å²) in [4.78, 5) is 6.82. The van der Waals surface area contributed by atoms with Gasteiger partial charge in [0, 0.05) is 13.1 Å². The number of benzene rings is 1. The Bertz CT molecular complexity index is 561. The molecule has 0 aliphatic carbocycles. The third-order valence-electron chi connectivity index (χ3n) is 3.42. The summed E-state index contributed by atoms with van der Waals surface area (Å²) in [5, 5.41) is 0.604. The summed E-state index contributed by atoms with van der Waals surface area (Å²) in [6.07, 6.45) is 3.87. The SMILES string of the molecule is COc1ccc(N2CCCCC2)c2sc(N)nc12. The van der Waals surface area contributed by atoms with Crippen LogP contribution < -0.4 is 15.4 Å². The van der Waals surface area contributed by atoms with Crippen molar-refractivity contribution < 1.29 is 4.74 Å². The number of nitrogens with two attached hydrogens (primary N) is 1. The summed E-state index contributed by atoms with van der Waals surface area (Å²) in [6, 6.07) is 4.12. The quantitative estimate of drug-likeness (QED) is 0.905. The molecular weight excluding hydrogens is 246 g/mol. The predicted octanol–water partition coefficient (Wildman–Crippen LogP) is 2.88. The molecule has 2 heterocycles. The number of aromatic nitrogens is 1. The van der Waals surface area contributed by atoms with Crippen LogP contribution in [0.5, 0.6) is 5.75 Å². The first-order chi connectivity index (χ1) is 8.79. The number of piperidine rings is 1. The number of anilines is 2. The minimum absolute atomic E-state index is 0.604. The van der Waals surface area contributed by atoms with Crippen LogP contribution in [0.4, 0.5) is 10.8 Å². The Morgan fingerprint density at radius 1 is 1.28 bits per heavy atom. The average Bonchev–Trinajstić information content (AvgIpc) is 2.80. The number of thiazole rings is 1. The molecule has 0 atom stereocenters. The van der Waals surface area contributed by atoms with Gasteiger partial charge < -0.3 is 15.4 Å². The molecule has 18 heavy (non-hydrogen) atoms. The highest BCUT2D eigenvalue weighted by Crippen LogP contribution is 2.39. The van der Waals surface area contributed by atoms with Gasteiger partial charge in [0.1, 0.15) is 11.3 Å². The Balaban J connectivity index is 2.11. The molecule has 1 aliphatic heterocycles. The predicted molar refractivity (Wildman–Crippen MR) is 76.6 cm³/mol. The van der Waals surface area contributed by atoms with Gasteiger partial charge in [0.05, 0.1) is 17.5 Å². The maximum Gasteiger partial charge on any atom is 0.181 e. The van der Waals surface area contributed by atoms with Gasteiger partial charge in [-0.1, -0.05) is 11.3 Å². The minimum Gasteiger partial charge on any atom is -0.494 e. The number of hydrogen-bond donors (Lipinski definition) is 1. The number of fused-ring (bicyclic) bond motifs is 1. The van der Waals surface area contributed by atoms with Gasteiger partial charge in [0.25, 0.3) is 0 Å². The minimum atomic E-state index is 0.604. The van der Waals surface area contributed by atoms with E-state index in [4.69, 9.17) is 10.5 Å². The molecule has 1 aromatic heterocycles. The van der Waals surface area contributed by atoms with Crippen molar-refractivity contribution in [1.82, 2.24) is 4.98 Å². The molecule has 1 aliphatic rings. The third kappa shape index (κ3) is 1.88. The van der Waals surface area contributed by atoms with Crippen LogP contribution >= 0.6 is 11.3 Å². The summed E-state index contributed by atoms with van der Waals surface area (Å²) in [5.41, 5.74) is 7.99. The van der Waals surface area contributed by atoms with E-state index in [1.54, 1.807) is 18.4 Å². The number of methoxy groups -OCH3 is 1. The molecule has 1 saturated heterocycles. The van der Waals surface area contributed by atoms with Crippen molar-refractivity contribution in [1.29, 1.82) is 0 Å². The molecular formula is C13H17N3OS. The highest BCUT2D eigenvalue weighted by Gasteiger charge is 2.18. The van der Waals surface area contributed by atoms with Crippen LogP contribution in [0.15, 0.2) is 12.1 Å². The highest BCUT2D eigenvalue weighted by atomic mass is 32.1. The van der Waals surface area contributed by atoms with Gasteiger partial charge in [-0.2, -0.15) is 0 Å². The van der Waals surface area contributed by atoms with E-state index in [0.717, 1.165) is 29.1 Å². The van der Waals surface area contributed by atoms with E-state index in [2.05, 4.69) is 16.0 Å². The monoisotopic (exact) mass is 263 g/mol. The first-order valence-electron chi connectivity index (χ1n) is 6.27. The van der Waals surface area contributed by atoms with Crippen LogP contribution in [0, 0.1) is 0 Å². The number of nitrogens with zero attached hydrogens (tertiary/aromatic N) is 2. The van der Waals surface area contributed by atoms with Crippen LogP contribution in [0.1, 0.15) is 19.3 Å². The van der Waals surface area contributed by atoms with E-state index < -0.39 is 0 Å². The summed E-state index contributed by atoms with van der Waals surface area (Å²) in [7, 11) is 1.67. The second kappa shape index (κ2) is 4.65.